The third-order valence-corrected chi connectivity index (χ3v) is 3.56. The Morgan fingerprint density at radius 1 is 1.11 bits per heavy atom. The minimum absolute atomic E-state index is 0.00411. The van der Waals surface area contributed by atoms with Crippen LogP contribution in [0.3, 0.4) is 0 Å². The Morgan fingerprint density at radius 2 is 1.93 bits per heavy atom. The van der Waals surface area contributed by atoms with Crippen molar-refractivity contribution in [3.63, 3.8) is 0 Å². The monoisotopic (exact) mass is 372 g/mol. The van der Waals surface area contributed by atoms with Gasteiger partial charge in [0.05, 0.1) is 19.4 Å². The smallest absolute Gasteiger partial charge is 0.239 e. The van der Waals surface area contributed by atoms with Gasteiger partial charge in [0.2, 0.25) is 17.7 Å². The number of furan rings is 1. The molecule has 0 aliphatic heterocycles. The van der Waals surface area contributed by atoms with Crippen LogP contribution in [0, 0.1) is 0 Å². The molecular weight excluding hydrogens is 348 g/mol. The van der Waals surface area contributed by atoms with E-state index in [1.807, 2.05) is 13.8 Å². The number of aromatic nitrogens is 1. The molecule has 144 valence electrons. The van der Waals surface area contributed by atoms with Gasteiger partial charge < -0.3 is 20.0 Å². The molecule has 0 fully saturated rings. The zero-order valence-electron chi connectivity index (χ0n) is 15.5. The van der Waals surface area contributed by atoms with Crippen molar-refractivity contribution in [1.82, 2.24) is 15.2 Å². The van der Waals surface area contributed by atoms with Crippen molar-refractivity contribution in [3.8, 4) is 0 Å². The molecule has 2 aromatic rings. The zero-order chi connectivity index (χ0) is 19.6. The zero-order valence-corrected chi connectivity index (χ0v) is 15.5. The topological polar surface area (TPSA) is 105 Å². The van der Waals surface area contributed by atoms with Gasteiger partial charge in [0.1, 0.15) is 11.6 Å². The lowest BCUT2D eigenvalue weighted by atomic mass is 10.2. The van der Waals surface area contributed by atoms with Crippen molar-refractivity contribution in [3.05, 3.63) is 48.6 Å². The molecule has 0 atom stereocenters. The third kappa shape index (κ3) is 7.31. The number of hydrogen-bond acceptors (Lipinski definition) is 5. The second kappa shape index (κ2) is 10.1. The second-order valence-electron chi connectivity index (χ2n) is 6.31. The average Bonchev–Trinajstić information content (AvgIpc) is 3.12. The van der Waals surface area contributed by atoms with Crippen LogP contribution < -0.4 is 10.6 Å². The fraction of sp³-hybridized carbons (Fsp3) is 0.368. The number of carbonyl (C=O) groups excluding carboxylic acids is 3. The van der Waals surface area contributed by atoms with Crippen LogP contribution in [0.15, 0.2) is 47.2 Å². The first-order valence-corrected chi connectivity index (χ1v) is 8.74. The molecule has 8 nitrogen and oxygen atoms in total. The van der Waals surface area contributed by atoms with E-state index in [2.05, 4.69) is 15.6 Å². The highest BCUT2D eigenvalue weighted by molar-refractivity contribution is 5.93. The first-order chi connectivity index (χ1) is 12.9. The van der Waals surface area contributed by atoms with Gasteiger partial charge in [-0.25, -0.2) is 4.98 Å². The Balaban J connectivity index is 1.91. The van der Waals surface area contributed by atoms with Crippen molar-refractivity contribution in [2.75, 3.05) is 11.9 Å². The molecule has 0 saturated carbocycles. The van der Waals surface area contributed by atoms with Crippen molar-refractivity contribution in [1.29, 1.82) is 0 Å². The van der Waals surface area contributed by atoms with E-state index < -0.39 is 0 Å². The average molecular weight is 372 g/mol. The predicted molar refractivity (Wildman–Crippen MR) is 99.5 cm³/mol. The number of hydrogen-bond donors (Lipinski definition) is 2. The van der Waals surface area contributed by atoms with Crippen molar-refractivity contribution < 1.29 is 18.8 Å². The lowest BCUT2D eigenvalue weighted by molar-refractivity contribution is -0.137. The summed E-state index contributed by atoms with van der Waals surface area (Å²) in [4.78, 5) is 42.0. The minimum atomic E-state index is -0.313. The highest BCUT2D eigenvalue weighted by Crippen LogP contribution is 2.09. The summed E-state index contributed by atoms with van der Waals surface area (Å²) in [6.07, 6.45) is 3.05. The van der Waals surface area contributed by atoms with Gasteiger partial charge in [-0.3, -0.25) is 14.4 Å². The Kier molecular flexibility index (Phi) is 7.54. The van der Waals surface area contributed by atoms with Gasteiger partial charge in [-0.05, 0) is 38.1 Å². The molecule has 2 aromatic heterocycles. The van der Waals surface area contributed by atoms with E-state index in [1.54, 1.807) is 36.5 Å². The summed E-state index contributed by atoms with van der Waals surface area (Å²) in [7, 11) is 0. The van der Waals surface area contributed by atoms with Crippen LogP contribution in [-0.2, 0) is 20.9 Å². The van der Waals surface area contributed by atoms with E-state index >= 15 is 0 Å². The number of anilines is 1. The Hall–Kier alpha value is -3.16. The predicted octanol–water partition coefficient (Wildman–Crippen LogP) is 1.95. The first kappa shape index (κ1) is 20.2. The van der Waals surface area contributed by atoms with E-state index in [0.29, 0.717) is 11.6 Å². The SMILES string of the molecule is CC(C)NC(=O)CN(Cc1ccco1)C(=O)CCC(=O)Nc1ccccn1. The number of carbonyl (C=O) groups is 3. The molecule has 27 heavy (non-hydrogen) atoms. The van der Waals surface area contributed by atoms with Gasteiger partial charge in [-0.15, -0.1) is 0 Å². The molecule has 0 radical (unpaired) electrons. The molecule has 0 aliphatic rings. The van der Waals surface area contributed by atoms with Crippen molar-refractivity contribution in [2.24, 2.45) is 0 Å². The molecule has 8 heteroatoms. The maximum Gasteiger partial charge on any atom is 0.239 e. The summed E-state index contributed by atoms with van der Waals surface area (Å²) < 4.78 is 5.27. The summed E-state index contributed by atoms with van der Waals surface area (Å²) in [6.45, 7) is 3.76. The van der Waals surface area contributed by atoms with Crippen LogP contribution in [0.1, 0.15) is 32.4 Å². The summed E-state index contributed by atoms with van der Waals surface area (Å²) >= 11 is 0. The molecule has 0 bridgehead atoms. The summed E-state index contributed by atoms with van der Waals surface area (Å²) in [5.74, 6) is 0.119. The van der Waals surface area contributed by atoms with Crippen LogP contribution in [0.5, 0.6) is 0 Å². The summed E-state index contributed by atoms with van der Waals surface area (Å²) in [6, 6.07) is 8.59. The molecule has 2 heterocycles. The lowest BCUT2D eigenvalue weighted by Crippen LogP contribution is -2.42. The van der Waals surface area contributed by atoms with E-state index in [9.17, 15) is 14.4 Å². The summed E-state index contributed by atoms with van der Waals surface area (Å²) in [5.41, 5.74) is 0. The Morgan fingerprint density at radius 3 is 2.56 bits per heavy atom. The van der Waals surface area contributed by atoms with Gasteiger partial charge in [0.15, 0.2) is 0 Å². The highest BCUT2D eigenvalue weighted by atomic mass is 16.3. The van der Waals surface area contributed by atoms with Crippen molar-refractivity contribution in [2.45, 2.75) is 39.3 Å². The first-order valence-electron chi connectivity index (χ1n) is 8.74. The Labute approximate surface area is 157 Å². The van der Waals surface area contributed by atoms with Gasteiger partial charge in [-0.1, -0.05) is 6.07 Å². The molecule has 0 aliphatic carbocycles. The standard InChI is InChI=1S/C19H24N4O4/c1-14(2)21-18(25)13-23(12-15-6-5-11-27-15)19(26)9-8-17(24)22-16-7-3-4-10-20-16/h3-7,10-11,14H,8-9,12-13H2,1-2H3,(H,21,25)(H,20,22,24). The molecule has 2 N–H and O–H groups in total. The largest absolute Gasteiger partial charge is 0.467 e. The number of rotatable bonds is 9. The van der Waals surface area contributed by atoms with Crippen LogP contribution in [0.2, 0.25) is 0 Å². The van der Waals surface area contributed by atoms with E-state index in [1.165, 1.54) is 11.2 Å². The summed E-state index contributed by atoms with van der Waals surface area (Å²) in [5, 5.41) is 5.38. The van der Waals surface area contributed by atoms with Crippen LogP contribution in [0.25, 0.3) is 0 Å². The van der Waals surface area contributed by atoms with Gasteiger partial charge in [-0.2, -0.15) is 0 Å². The van der Waals surface area contributed by atoms with Crippen LogP contribution in [-0.4, -0.2) is 40.2 Å². The molecule has 3 amide bonds. The number of nitrogens with one attached hydrogen (secondary N) is 2. The molecular formula is C19H24N4O4. The quantitative estimate of drug-likeness (QED) is 0.700. The van der Waals surface area contributed by atoms with E-state index in [4.69, 9.17) is 4.42 Å². The highest BCUT2D eigenvalue weighted by Gasteiger charge is 2.20. The maximum atomic E-state index is 12.6. The number of amides is 3. The fourth-order valence-corrected chi connectivity index (χ4v) is 2.38. The van der Waals surface area contributed by atoms with E-state index in [0.717, 1.165) is 0 Å². The van der Waals surface area contributed by atoms with Crippen molar-refractivity contribution >= 4 is 23.5 Å². The number of pyridine rings is 1. The fourth-order valence-electron chi connectivity index (χ4n) is 2.38. The molecule has 0 saturated heterocycles. The number of nitrogens with zero attached hydrogens (tertiary/aromatic N) is 2. The van der Waals surface area contributed by atoms with Gasteiger partial charge in [0.25, 0.3) is 0 Å². The normalized spacial score (nSPS) is 10.5. The van der Waals surface area contributed by atoms with Gasteiger partial charge >= 0.3 is 0 Å². The third-order valence-electron chi connectivity index (χ3n) is 3.56. The molecule has 2 rings (SSSR count). The molecule has 0 spiro atoms. The lowest BCUT2D eigenvalue weighted by Gasteiger charge is -2.22. The van der Waals surface area contributed by atoms with Gasteiger partial charge in [0, 0.05) is 25.1 Å². The van der Waals surface area contributed by atoms with Crippen LogP contribution in [0.4, 0.5) is 5.82 Å². The molecule has 0 unspecified atom stereocenters. The minimum Gasteiger partial charge on any atom is -0.467 e. The van der Waals surface area contributed by atoms with Crippen LogP contribution >= 0.6 is 0 Å². The second-order valence-corrected chi connectivity index (χ2v) is 6.31. The molecule has 0 aromatic carbocycles. The Bertz CT molecular complexity index is 744. The maximum absolute atomic E-state index is 12.6. The van der Waals surface area contributed by atoms with E-state index in [-0.39, 0.29) is 49.7 Å².